The molecule has 0 spiro atoms. The van der Waals surface area contributed by atoms with Crippen molar-refractivity contribution in [1.82, 2.24) is 10.3 Å². The van der Waals surface area contributed by atoms with Gasteiger partial charge in [-0.1, -0.05) is 0 Å². The number of hydrazone groups is 1. The minimum absolute atomic E-state index is 0.00579. The first-order valence-corrected chi connectivity index (χ1v) is 2.74. The van der Waals surface area contributed by atoms with E-state index in [-0.39, 0.29) is 5.91 Å². The molecule has 4 heteroatoms. The molecule has 0 atom stereocenters. The third-order valence-electron chi connectivity index (χ3n) is 1.21. The molecule has 0 fully saturated rings. The lowest BCUT2D eigenvalue weighted by atomic mass is 10.4. The second kappa shape index (κ2) is 2.05. The Kier molecular flexibility index (Phi) is 1.38. The molecule has 0 saturated carbocycles. The molecule has 0 aromatic heterocycles. The fourth-order valence-electron chi connectivity index (χ4n) is 0.656. The number of carbonyl (C=O) groups excluding carboxylic acids is 1. The van der Waals surface area contributed by atoms with E-state index in [4.69, 9.17) is 0 Å². The molecule has 1 aliphatic heterocycles. The van der Waals surface area contributed by atoms with Crippen LogP contribution < -0.4 is 5.43 Å². The van der Waals surface area contributed by atoms with Crippen molar-refractivity contribution in [2.24, 2.45) is 5.10 Å². The zero-order valence-corrected chi connectivity index (χ0v) is 5.51. The van der Waals surface area contributed by atoms with E-state index in [0.717, 1.165) is 0 Å². The average Bonchev–Trinajstić information content (AvgIpc) is 1.83. The minimum atomic E-state index is -0.00579. The van der Waals surface area contributed by atoms with Gasteiger partial charge in [-0.15, -0.1) is 0 Å². The van der Waals surface area contributed by atoms with E-state index in [1.54, 1.807) is 18.9 Å². The van der Waals surface area contributed by atoms with Crippen LogP contribution in [0, 0.1) is 0 Å². The summed E-state index contributed by atoms with van der Waals surface area (Å²) >= 11 is 0. The summed E-state index contributed by atoms with van der Waals surface area (Å²) in [5.74, 6) is -0.00579. The van der Waals surface area contributed by atoms with E-state index in [0.29, 0.717) is 12.4 Å². The summed E-state index contributed by atoms with van der Waals surface area (Å²) in [6.45, 7) is 2.20. The highest BCUT2D eigenvalue weighted by Gasteiger charge is 2.14. The zero-order chi connectivity index (χ0) is 6.85. The average molecular weight is 127 g/mol. The molecule has 4 nitrogen and oxygen atoms in total. The van der Waals surface area contributed by atoms with Gasteiger partial charge >= 0.3 is 0 Å². The normalized spacial score (nSPS) is 19.1. The molecule has 1 N–H and O–H groups in total. The lowest BCUT2D eigenvalue weighted by Gasteiger charge is -2.20. The van der Waals surface area contributed by atoms with Gasteiger partial charge in [0.25, 0.3) is 5.91 Å². The van der Waals surface area contributed by atoms with Gasteiger partial charge in [-0.25, -0.2) is 0 Å². The minimum Gasteiger partial charge on any atom is -0.322 e. The van der Waals surface area contributed by atoms with Crippen LogP contribution in [0.3, 0.4) is 0 Å². The Hall–Kier alpha value is -1.06. The van der Waals surface area contributed by atoms with Crippen molar-refractivity contribution in [3.05, 3.63) is 0 Å². The lowest BCUT2D eigenvalue weighted by Crippen LogP contribution is -2.42. The maximum Gasteiger partial charge on any atom is 0.270 e. The lowest BCUT2D eigenvalue weighted by molar-refractivity contribution is -0.123. The SMILES string of the molecule is CC1=NNCN(C)C1=O. The molecule has 0 aromatic rings. The van der Waals surface area contributed by atoms with Crippen molar-refractivity contribution in [3.63, 3.8) is 0 Å². The van der Waals surface area contributed by atoms with E-state index in [2.05, 4.69) is 10.5 Å². The van der Waals surface area contributed by atoms with Crippen molar-refractivity contribution in [2.75, 3.05) is 13.7 Å². The van der Waals surface area contributed by atoms with Gasteiger partial charge in [0.15, 0.2) is 0 Å². The third-order valence-corrected chi connectivity index (χ3v) is 1.21. The second-order valence-corrected chi connectivity index (χ2v) is 2.02. The van der Waals surface area contributed by atoms with E-state index in [1.165, 1.54) is 0 Å². The summed E-state index contributed by atoms with van der Waals surface area (Å²) in [4.78, 5) is 12.5. The number of rotatable bonds is 0. The van der Waals surface area contributed by atoms with Crippen LogP contribution in [0.1, 0.15) is 6.92 Å². The fourth-order valence-corrected chi connectivity index (χ4v) is 0.656. The largest absolute Gasteiger partial charge is 0.322 e. The van der Waals surface area contributed by atoms with Crippen LogP contribution in [0.2, 0.25) is 0 Å². The van der Waals surface area contributed by atoms with Crippen molar-refractivity contribution in [3.8, 4) is 0 Å². The molecule has 1 aliphatic rings. The molecule has 0 radical (unpaired) electrons. The Morgan fingerprint density at radius 2 is 2.44 bits per heavy atom. The maximum atomic E-state index is 10.9. The number of hydrogen-bond acceptors (Lipinski definition) is 3. The van der Waals surface area contributed by atoms with E-state index < -0.39 is 0 Å². The summed E-state index contributed by atoms with van der Waals surface area (Å²) in [6, 6.07) is 0. The van der Waals surface area contributed by atoms with E-state index >= 15 is 0 Å². The highest BCUT2D eigenvalue weighted by molar-refractivity contribution is 6.37. The predicted octanol–water partition coefficient (Wildman–Crippen LogP) is -0.619. The molecule has 9 heavy (non-hydrogen) atoms. The fraction of sp³-hybridized carbons (Fsp3) is 0.600. The van der Waals surface area contributed by atoms with Gasteiger partial charge in [0.05, 0.1) is 0 Å². The summed E-state index contributed by atoms with van der Waals surface area (Å²) in [5.41, 5.74) is 3.23. The molecule has 50 valence electrons. The number of amides is 1. The van der Waals surface area contributed by atoms with Gasteiger partial charge in [-0.3, -0.25) is 10.2 Å². The topological polar surface area (TPSA) is 44.7 Å². The summed E-state index contributed by atoms with van der Waals surface area (Å²) in [7, 11) is 1.73. The molecular weight excluding hydrogens is 118 g/mol. The van der Waals surface area contributed by atoms with Gasteiger partial charge in [-0.2, -0.15) is 5.10 Å². The first-order chi connectivity index (χ1) is 4.22. The molecule has 1 heterocycles. The monoisotopic (exact) mass is 127 g/mol. The first kappa shape index (κ1) is 6.07. The van der Waals surface area contributed by atoms with E-state index in [9.17, 15) is 4.79 Å². The Morgan fingerprint density at radius 3 is 2.89 bits per heavy atom. The van der Waals surface area contributed by atoms with Crippen molar-refractivity contribution >= 4 is 11.6 Å². The van der Waals surface area contributed by atoms with Crippen LogP contribution in [0.4, 0.5) is 0 Å². The highest BCUT2D eigenvalue weighted by atomic mass is 16.2. The second-order valence-electron chi connectivity index (χ2n) is 2.02. The van der Waals surface area contributed by atoms with Crippen LogP contribution in [-0.2, 0) is 4.79 Å². The van der Waals surface area contributed by atoms with Gasteiger partial charge < -0.3 is 4.90 Å². The molecule has 0 bridgehead atoms. The Morgan fingerprint density at radius 1 is 1.78 bits per heavy atom. The number of nitrogens with one attached hydrogen (secondary N) is 1. The van der Waals surface area contributed by atoms with Crippen LogP contribution >= 0.6 is 0 Å². The van der Waals surface area contributed by atoms with Crippen LogP contribution in [-0.4, -0.2) is 30.2 Å². The molecule has 0 unspecified atom stereocenters. The third kappa shape index (κ3) is 1.01. The predicted molar refractivity (Wildman–Crippen MR) is 33.9 cm³/mol. The molecule has 0 aliphatic carbocycles. The molecule has 1 amide bonds. The van der Waals surface area contributed by atoms with Gasteiger partial charge in [0.1, 0.15) is 12.4 Å². The highest BCUT2D eigenvalue weighted by Crippen LogP contribution is 1.90. The van der Waals surface area contributed by atoms with Gasteiger partial charge in [0.2, 0.25) is 0 Å². The van der Waals surface area contributed by atoms with Crippen LogP contribution in [0.5, 0.6) is 0 Å². The standard InChI is InChI=1S/C5H9N3O/c1-4-5(9)8(2)3-6-7-4/h6H,3H2,1-2H3. The van der Waals surface area contributed by atoms with Crippen molar-refractivity contribution in [2.45, 2.75) is 6.92 Å². The van der Waals surface area contributed by atoms with Gasteiger partial charge in [-0.05, 0) is 6.92 Å². The van der Waals surface area contributed by atoms with Crippen molar-refractivity contribution < 1.29 is 4.79 Å². The Labute approximate surface area is 53.5 Å². The maximum absolute atomic E-state index is 10.9. The van der Waals surface area contributed by atoms with Gasteiger partial charge in [0, 0.05) is 7.05 Å². The molecule has 0 aromatic carbocycles. The Bertz CT molecular complexity index is 164. The number of carbonyl (C=O) groups is 1. The summed E-state index contributed by atoms with van der Waals surface area (Å²) < 4.78 is 0. The molecule has 0 saturated heterocycles. The van der Waals surface area contributed by atoms with Crippen LogP contribution in [0.15, 0.2) is 5.10 Å². The first-order valence-electron chi connectivity index (χ1n) is 2.74. The number of hydrogen-bond donors (Lipinski definition) is 1. The van der Waals surface area contributed by atoms with Crippen molar-refractivity contribution in [1.29, 1.82) is 0 Å². The zero-order valence-electron chi connectivity index (χ0n) is 5.51. The summed E-state index contributed by atoms with van der Waals surface area (Å²) in [5, 5.41) is 3.74. The van der Waals surface area contributed by atoms with E-state index in [1.807, 2.05) is 0 Å². The Balaban J connectivity index is 2.74. The smallest absolute Gasteiger partial charge is 0.270 e. The van der Waals surface area contributed by atoms with Crippen LogP contribution in [0.25, 0.3) is 0 Å². The molecule has 1 rings (SSSR count). The molecular formula is C5H9N3O. The number of nitrogens with zero attached hydrogens (tertiary/aromatic N) is 2. The summed E-state index contributed by atoms with van der Waals surface area (Å²) in [6.07, 6.45) is 0. The quantitative estimate of drug-likeness (QED) is 0.471.